The fraction of sp³-hybridized carbons (Fsp3) is 0.500. The molecule has 6 heteroatoms. The normalized spacial score (nSPS) is 12.5. The number of rotatable bonds is 7. The fourth-order valence-corrected chi connectivity index (χ4v) is 4.55. The van der Waals surface area contributed by atoms with Gasteiger partial charge in [0, 0.05) is 13.1 Å². The van der Waals surface area contributed by atoms with Crippen molar-refractivity contribution in [3.05, 3.63) is 42.2 Å². The highest BCUT2D eigenvalue weighted by Gasteiger charge is 2.29. The number of para-hydroxylation sites is 1. The van der Waals surface area contributed by atoms with Crippen LogP contribution in [-0.4, -0.2) is 35.6 Å². The van der Waals surface area contributed by atoms with Crippen LogP contribution in [-0.2, 0) is 10.0 Å². The van der Waals surface area contributed by atoms with Gasteiger partial charge in [-0.3, -0.25) is 0 Å². The van der Waals surface area contributed by atoms with Crippen molar-refractivity contribution in [2.45, 2.75) is 39.5 Å². The van der Waals surface area contributed by atoms with E-state index in [2.05, 4.69) is 5.10 Å². The first-order valence-corrected chi connectivity index (χ1v) is 9.77. The molecule has 24 heavy (non-hydrogen) atoms. The number of aromatic nitrogens is 2. The van der Waals surface area contributed by atoms with E-state index in [0.717, 1.165) is 5.69 Å². The topological polar surface area (TPSA) is 55.2 Å². The SMILES string of the molecule is Cc1nn(-c2ccccc2)cc1S(=O)(=O)N(CC(C)C)CC(C)C. The molecule has 132 valence electrons. The van der Waals surface area contributed by atoms with E-state index < -0.39 is 10.0 Å². The first-order valence-electron chi connectivity index (χ1n) is 8.33. The predicted molar refractivity (Wildman–Crippen MR) is 96.7 cm³/mol. The van der Waals surface area contributed by atoms with Crippen molar-refractivity contribution in [3.8, 4) is 5.69 Å². The summed E-state index contributed by atoms with van der Waals surface area (Å²) in [5.41, 5.74) is 1.37. The van der Waals surface area contributed by atoms with Crippen LogP contribution < -0.4 is 0 Å². The Balaban J connectivity index is 2.42. The zero-order chi connectivity index (χ0) is 17.9. The molecule has 0 aliphatic rings. The highest BCUT2D eigenvalue weighted by molar-refractivity contribution is 7.89. The van der Waals surface area contributed by atoms with E-state index in [-0.39, 0.29) is 16.7 Å². The largest absolute Gasteiger partial charge is 0.246 e. The van der Waals surface area contributed by atoms with Gasteiger partial charge in [0.25, 0.3) is 0 Å². The zero-order valence-corrected chi connectivity index (χ0v) is 15.9. The maximum Gasteiger partial charge on any atom is 0.246 e. The highest BCUT2D eigenvalue weighted by atomic mass is 32.2. The number of sulfonamides is 1. The smallest absolute Gasteiger partial charge is 0.239 e. The lowest BCUT2D eigenvalue weighted by atomic mass is 10.2. The van der Waals surface area contributed by atoms with Crippen LogP contribution in [0.4, 0.5) is 0 Å². The average Bonchev–Trinajstić information content (AvgIpc) is 2.89. The van der Waals surface area contributed by atoms with Crippen molar-refractivity contribution in [2.24, 2.45) is 11.8 Å². The Hall–Kier alpha value is -1.66. The molecule has 1 heterocycles. The van der Waals surface area contributed by atoms with Gasteiger partial charge in [-0.2, -0.15) is 9.40 Å². The summed E-state index contributed by atoms with van der Waals surface area (Å²) in [6.07, 6.45) is 1.62. The Morgan fingerprint density at radius 2 is 1.58 bits per heavy atom. The number of nitrogens with zero attached hydrogens (tertiary/aromatic N) is 3. The van der Waals surface area contributed by atoms with Gasteiger partial charge in [0.1, 0.15) is 4.90 Å². The lowest BCUT2D eigenvalue weighted by Gasteiger charge is -2.25. The lowest BCUT2D eigenvalue weighted by Crippen LogP contribution is -2.37. The molecule has 1 aromatic carbocycles. The van der Waals surface area contributed by atoms with Crippen LogP contribution in [0.1, 0.15) is 33.4 Å². The van der Waals surface area contributed by atoms with Gasteiger partial charge in [-0.1, -0.05) is 45.9 Å². The molecule has 0 atom stereocenters. The Bertz CT molecular complexity index is 755. The molecule has 0 bridgehead atoms. The first-order chi connectivity index (χ1) is 11.2. The van der Waals surface area contributed by atoms with Gasteiger partial charge in [-0.25, -0.2) is 13.1 Å². The predicted octanol–water partition coefficient (Wildman–Crippen LogP) is 3.48. The van der Waals surface area contributed by atoms with Crippen molar-refractivity contribution >= 4 is 10.0 Å². The van der Waals surface area contributed by atoms with Crippen molar-refractivity contribution in [1.82, 2.24) is 14.1 Å². The maximum atomic E-state index is 13.1. The third-order valence-corrected chi connectivity index (χ3v) is 5.56. The minimum Gasteiger partial charge on any atom is -0.239 e. The van der Waals surface area contributed by atoms with Gasteiger partial charge in [0.15, 0.2) is 0 Å². The van der Waals surface area contributed by atoms with E-state index in [4.69, 9.17) is 0 Å². The second-order valence-electron chi connectivity index (χ2n) is 6.97. The lowest BCUT2D eigenvalue weighted by molar-refractivity contribution is 0.333. The van der Waals surface area contributed by atoms with Crippen molar-refractivity contribution in [1.29, 1.82) is 0 Å². The van der Waals surface area contributed by atoms with E-state index in [1.165, 1.54) is 0 Å². The van der Waals surface area contributed by atoms with Crippen LogP contribution in [0.3, 0.4) is 0 Å². The van der Waals surface area contributed by atoms with Crippen LogP contribution in [0.15, 0.2) is 41.4 Å². The van der Waals surface area contributed by atoms with Gasteiger partial charge in [0.05, 0.1) is 17.6 Å². The first kappa shape index (κ1) is 18.7. The number of hydrogen-bond donors (Lipinski definition) is 0. The van der Waals surface area contributed by atoms with E-state index in [9.17, 15) is 8.42 Å². The molecule has 0 fully saturated rings. The number of hydrogen-bond acceptors (Lipinski definition) is 3. The van der Waals surface area contributed by atoms with Crippen LogP contribution >= 0.6 is 0 Å². The molecule has 0 aliphatic carbocycles. The van der Waals surface area contributed by atoms with Crippen LogP contribution in [0.25, 0.3) is 5.69 Å². The minimum absolute atomic E-state index is 0.267. The van der Waals surface area contributed by atoms with E-state index in [0.29, 0.717) is 18.8 Å². The number of aryl methyl sites for hydroxylation is 1. The van der Waals surface area contributed by atoms with Crippen LogP contribution in [0.5, 0.6) is 0 Å². The Labute approximate surface area is 145 Å². The third kappa shape index (κ3) is 4.24. The number of benzene rings is 1. The molecule has 0 radical (unpaired) electrons. The average molecular weight is 350 g/mol. The molecule has 5 nitrogen and oxygen atoms in total. The molecule has 0 saturated heterocycles. The summed E-state index contributed by atoms with van der Waals surface area (Å²) in [6.45, 7) is 10.9. The Morgan fingerprint density at radius 3 is 2.08 bits per heavy atom. The Kier molecular flexibility index (Phi) is 5.83. The molecule has 2 rings (SSSR count). The Morgan fingerprint density at radius 1 is 1.04 bits per heavy atom. The molecule has 0 amide bonds. The monoisotopic (exact) mass is 349 g/mol. The van der Waals surface area contributed by atoms with Gasteiger partial charge in [-0.05, 0) is 30.9 Å². The molecule has 1 aromatic heterocycles. The molecule has 0 N–H and O–H groups in total. The molecule has 0 unspecified atom stereocenters. The standard InChI is InChI=1S/C18H27N3O2S/c1-14(2)11-20(12-15(3)4)24(22,23)18-13-21(19-16(18)5)17-9-7-6-8-10-17/h6-10,13-15H,11-12H2,1-5H3. The summed E-state index contributed by atoms with van der Waals surface area (Å²) in [6, 6.07) is 9.55. The second kappa shape index (κ2) is 7.49. The van der Waals surface area contributed by atoms with Gasteiger partial charge in [0.2, 0.25) is 10.0 Å². The van der Waals surface area contributed by atoms with E-state index in [1.54, 1.807) is 22.1 Å². The summed E-state index contributed by atoms with van der Waals surface area (Å²) in [4.78, 5) is 0.285. The molecule has 0 saturated carbocycles. The maximum absolute atomic E-state index is 13.1. The van der Waals surface area contributed by atoms with Crippen LogP contribution in [0, 0.1) is 18.8 Å². The molecular formula is C18H27N3O2S. The second-order valence-corrected chi connectivity index (χ2v) is 8.87. The molecule has 0 aliphatic heterocycles. The minimum atomic E-state index is -3.56. The molecular weight excluding hydrogens is 322 g/mol. The summed E-state index contributed by atoms with van der Waals surface area (Å²) < 4.78 is 29.5. The summed E-state index contributed by atoms with van der Waals surface area (Å²) >= 11 is 0. The summed E-state index contributed by atoms with van der Waals surface area (Å²) in [5.74, 6) is 0.533. The fourth-order valence-electron chi connectivity index (χ4n) is 2.63. The van der Waals surface area contributed by atoms with Gasteiger partial charge >= 0.3 is 0 Å². The van der Waals surface area contributed by atoms with Crippen molar-refractivity contribution < 1.29 is 8.42 Å². The van der Waals surface area contributed by atoms with E-state index in [1.807, 2.05) is 58.0 Å². The summed E-state index contributed by atoms with van der Waals surface area (Å²) in [5, 5.41) is 4.40. The quantitative estimate of drug-likeness (QED) is 0.769. The summed E-state index contributed by atoms with van der Waals surface area (Å²) in [7, 11) is -3.56. The molecule has 2 aromatic rings. The van der Waals surface area contributed by atoms with Crippen LogP contribution in [0.2, 0.25) is 0 Å². The van der Waals surface area contributed by atoms with Crippen molar-refractivity contribution in [2.75, 3.05) is 13.1 Å². The third-order valence-electron chi connectivity index (χ3n) is 3.63. The van der Waals surface area contributed by atoms with Crippen molar-refractivity contribution in [3.63, 3.8) is 0 Å². The highest BCUT2D eigenvalue weighted by Crippen LogP contribution is 2.22. The van der Waals surface area contributed by atoms with Gasteiger partial charge in [-0.15, -0.1) is 0 Å². The zero-order valence-electron chi connectivity index (χ0n) is 15.1. The molecule has 0 spiro atoms. The van der Waals surface area contributed by atoms with Gasteiger partial charge < -0.3 is 0 Å². The van der Waals surface area contributed by atoms with E-state index >= 15 is 0 Å².